The van der Waals surface area contributed by atoms with Gasteiger partial charge in [-0.15, -0.1) is 0 Å². The van der Waals surface area contributed by atoms with Crippen molar-refractivity contribution in [3.8, 4) is 0 Å². The number of anilines is 1. The van der Waals surface area contributed by atoms with Gasteiger partial charge in [-0.1, -0.05) is 6.07 Å². The number of amides is 1. The SMILES string of the molecule is CC(=O)Nc1c[nH]c2ccc(COCC3[C@H]4CN(CC(F)(F)F)C[C@@H]34)cc12. The largest absolute Gasteiger partial charge is 0.401 e. The molecular weight excluding hydrogens is 359 g/mol. The number of carbonyl (C=O) groups excluding carboxylic acids is 1. The quantitative estimate of drug-likeness (QED) is 0.807. The van der Waals surface area contributed by atoms with Crippen LogP contribution in [0.25, 0.3) is 10.9 Å². The molecule has 2 fully saturated rings. The van der Waals surface area contributed by atoms with E-state index in [4.69, 9.17) is 4.74 Å². The fourth-order valence-electron chi connectivity index (χ4n) is 4.23. The molecule has 0 bridgehead atoms. The maximum atomic E-state index is 12.4. The molecule has 8 heteroatoms. The van der Waals surface area contributed by atoms with Crippen molar-refractivity contribution in [1.82, 2.24) is 9.88 Å². The first-order valence-electron chi connectivity index (χ1n) is 9.04. The summed E-state index contributed by atoms with van der Waals surface area (Å²) < 4.78 is 43.1. The fourth-order valence-corrected chi connectivity index (χ4v) is 4.23. The second kappa shape index (κ2) is 6.83. The molecule has 1 saturated heterocycles. The summed E-state index contributed by atoms with van der Waals surface area (Å²) in [4.78, 5) is 15.9. The van der Waals surface area contributed by atoms with E-state index >= 15 is 0 Å². The number of hydrogen-bond acceptors (Lipinski definition) is 3. The standard InChI is InChI=1S/C19H22F3N3O2/c1-11(26)24-18-5-23-17-3-2-12(4-13(17)18)8-27-9-16-14-6-25(7-15(14)16)10-19(20,21)22/h2-5,14-16,23H,6-10H2,1H3,(H,24,26)/t14-,15+,16?. The lowest BCUT2D eigenvalue weighted by atomic mass is 10.1. The van der Waals surface area contributed by atoms with Crippen LogP contribution in [-0.2, 0) is 16.1 Å². The molecule has 2 heterocycles. The van der Waals surface area contributed by atoms with Crippen molar-refractivity contribution in [2.45, 2.75) is 19.7 Å². The second-order valence-electron chi connectivity index (χ2n) is 7.58. The van der Waals surface area contributed by atoms with Gasteiger partial charge in [0.05, 0.1) is 25.4 Å². The zero-order valence-electron chi connectivity index (χ0n) is 15.0. The predicted molar refractivity (Wildman–Crippen MR) is 95.2 cm³/mol. The fraction of sp³-hybridized carbons (Fsp3) is 0.526. The minimum atomic E-state index is -4.12. The molecule has 0 spiro atoms. The van der Waals surface area contributed by atoms with Gasteiger partial charge < -0.3 is 15.0 Å². The van der Waals surface area contributed by atoms with E-state index in [9.17, 15) is 18.0 Å². The van der Waals surface area contributed by atoms with Gasteiger partial charge in [0.2, 0.25) is 5.91 Å². The number of halogens is 3. The van der Waals surface area contributed by atoms with E-state index in [1.165, 1.54) is 11.8 Å². The highest BCUT2D eigenvalue weighted by Gasteiger charge is 2.56. The minimum absolute atomic E-state index is 0.127. The zero-order valence-corrected chi connectivity index (χ0v) is 15.0. The summed E-state index contributed by atoms with van der Waals surface area (Å²) >= 11 is 0. The summed E-state index contributed by atoms with van der Waals surface area (Å²) in [7, 11) is 0. The summed E-state index contributed by atoms with van der Waals surface area (Å²) in [5, 5.41) is 3.72. The van der Waals surface area contributed by atoms with Gasteiger partial charge in [0, 0.05) is 37.1 Å². The lowest BCUT2D eigenvalue weighted by Gasteiger charge is -2.20. The molecule has 2 N–H and O–H groups in total. The van der Waals surface area contributed by atoms with Crippen LogP contribution in [0.5, 0.6) is 0 Å². The molecule has 1 unspecified atom stereocenters. The molecule has 146 valence electrons. The highest BCUT2D eigenvalue weighted by molar-refractivity contribution is 6.01. The number of rotatable bonds is 6. The number of piperidine rings is 1. The summed E-state index contributed by atoms with van der Waals surface area (Å²) in [6.45, 7) is 2.73. The normalized spacial score (nSPS) is 25.0. The lowest BCUT2D eigenvalue weighted by molar-refractivity contribution is -0.145. The molecule has 1 aliphatic heterocycles. The van der Waals surface area contributed by atoms with Crippen LogP contribution in [-0.4, -0.2) is 48.2 Å². The van der Waals surface area contributed by atoms with Gasteiger partial charge in [0.1, 0.15) is 0 Å². The van der Waals surface area contributed by atoms with E-state index in [2.05, 4.69) is 10.3 Å². The first-order chi connectivity index (χ1) is 12.8. The van der Waals surface area contributed by atoms with Crippen LogP contribution >= 0.6 is 0 Å². The summed E-state index contributed by atoms with van der Waals surface area (Å²) in [5.41, 5.74) is 2.67. The number of nitrogens with one attached hydrogen (secondary N) is 2. The number of aromatic nitrogens is 1. The van der Waals surface area contributed by atoms with Gasteiger partial charge in [0.15, 0.2) is 0 Å². The Labute approximate surface area is 154 Å². The summed E-state index contributed by atoms with van der Waals surface area (Å²) in [5.74, 6) is 0.926. The zero-order chi connectivity index (χ0) is 19.2. The third-order valence-electron chi connectivity index (χ3n) is 5.49. The van der Waals surface area contributed by atoms with Gasteiger partial charge in [-0.3, -0.25) is 9.69 Å². The average Bonchev–Trinajstić information content (AvgIpc) is 2.92. The third kappa shape index (κ3) is 4.11. The number of benzene rings is 1. The van der Waals surface area contributed by atoms with Crippen LogP contribution < -0.4 is 5.32 Å². The molecule has 1 aliphatic carbocycles. The third-order valence-corrected chi connectivity index (χ3v) is 5.49. The number of fused-ring (bicyclic) bond motifs is 2. The highest BCUT2D eigenvalue weighted by atomic mass is 19.4. The molecule has 2 aromatic rings. The Morgan fingerprint density at radius 2 is 2.07 bits per heavy atom. The van der Waals surface area contributed by atoms with Gasteiger partial charge in [0.25, 0.3) is 0 Å². The number of likely N-dealkylation sites (tertiary alicyclic amines) is 1. The Hall–Kier alpha value is -2.06. The van der Waals surface area contributed by atoms with Crippen molar-refractivity contribution >= 4 is 22.5 Å². The Morgan fingerprint density at radius 1 is 1.33 bits per heavy atom. The summed E-state index contributed by atoms with van der Waals surface area (Å²) in [6.07, 6.45) is -2.36. The van der Waals surface area contributed by atoms with E-state index in [0.29, 0.717) is 44.1 Å². The molecule has 27 heavy (non-hydrogen) atoms. The number of nitrogens with zero attached hydrogens (tertiary/aromatic N) is 1. The molecule has 5 nitrogen and oxygen atoms in total. The Bertz CT molecular complexity index is 836. The first kappa shape index (κ1) is 18.3. The molecule has 1 aromatic heterocycles. The molecule has 1 amide bonds. The molecule has 1 aromatic carbocycles. The Morgan fingerprint density at radius 3 is 2.74 bits per heavy atom. The monoisotopic (exact) mass is 381 g/mol. The molecule has 0 radical (unpaired) electrons. The van der Waals surface area contributed by atoms with E-state index in [-0.39, 0.29) is 5.91 Å². The van der Waals surface area contributed by atoms with Crippen molar-refractivity contribution < 1.29 is 22.7 Å². The number of aromatic amines is 1. The molecular formula is C19H22F3N3O2. The topological polar surface area (TPSA) is 57.4 Å². The Balaban J connectivity index is 1.27. The molecule has 1 saturated carbocycles. The van der Waals surface area contributed by atoms with E-state index in [0.717, 1.165) is 22.2 Å². The molecule has 4 rings (SSSR count). The van der Waals surface area contributed by atoms with E-state index in [1.54, 1.807) is 6.20 Å². The van der Waals surface area contributed by atoms with Gasteiger partial charge in [-0.05, 0) is 35.4 Å². The summed E-state index contributed by atoms with van der Waals surface area (Å²) in [6, 6.07) is 5.89. The molecule has 3 atom stereocenters. The lowest BCUT2D eigenvalue weighted by Crippen LogP contribution is -2.34. The van der Waals surface area contributed by atoms with Gasteiger partial charge in [-0.2, -0.15) is 13.2 Å². The van der Waals surface area contributed by atoms with E-state index in [1.807, 2.05) is 18.2 Å². The van der Waals surface area contributed by atoms with Crippen LogP contribution in [0, 0.1) is 17.8 Å². The van der Waals surface area contributed by atoms with Crippen LogP contribution in [0.3, 0.4) is 0 Å². The van der Waals surface area contributed by atoms with Crippen LogP contribution in [0.4, 0.5) is 18.9 Å². The van der Waals surface area contributed by atoms with Crippen molar-refractivity contribution in [3.63, 3.8) is 0 Å². The number of ether oxygens (including phenoxy) is 1. The van der Waals surface area contributed by atoms with Gasteiger partial charge >= 0.3 is 6.18 Å². The first-order valence-corrected chi connectivity index (χ1v) is 9.04. The maximum absolute atomic E-state index is 12.4. The smallest absolute Gasteiger partial charge is 0.376 e. The minimum Gasteiger partial charge on any atom is -0.376 e. The van der Waals surface area contributed by atoms with Crippen molar-refractivity contribution in [2.75, 3.05) is 31.6 Å². The van der Waals surface area contributed by atoms with Crippen LogP contribution in [0.1, 0.15) is 12.5 Å². The van der Waals surface area contributed by atoms with Crippen molar-refractivity contribution in [1.29, 1.82) is 0 Å². The predicted octanol–water partition coefficient (Wildman–Crippen LogP) is 3.38. The number of H-pyrrole nitrogens is 1. The van der Waals surface area contributed by atoms with E-state index < -0.39 is 12.7 Å². The number of alkyl halides is 3. The van der Waals surface area contributed by atoms with Crippen LogP contribution in [0.2, 0.25) is 0 Å². The van der Waals surface area contributed by atoms with Gasteiger partial charge in [-0.25, -0.2) is 0 Å². The maximum Gasteiger partial charge on any atom is 0.401 e. The Kier molecular flexibility index (Phi) is 4.63. The van der Waals surface area contributed by atoms with Crippen molar-refractivity contribution in [2.24, 2.45) is 17.8 Å². The number of carbonyl (C=O) groups is 1. The molecule has 2 aliphatic rings. The highest BCUT2D eigenvalue weighted by Crippen LogP contribution is 2.52. The van der Waals surface area contributed by atoms with Crippen LogP contribution in [0.15, 0.2) is 24.4 Å². The number of hydrogen-bond donors (Lipinski definition) is 2. The average molecular weight is 381 g/mol. The van der Waals surface area contributed by atoms with Crippen molar-refractivity contribution in [3.05, 3.63) is 30.0 Å². The second-order valence-corrected chi connectivity index (χ2v) is 7.58.